The minimum atomic E-state index is -1.16. The third-order valence-corrected chi connectivity index (χ3v) is 8.03. The maximum atomic E-state index is 12.5. The summed E-state index contributed by atoms with van der Waals surface area (Å²) in [5.41, 5.74) is 3.43. The second-order valence-corrected chi connectivity index (χ2v) is 17.4. The molecule has 1 amide bonds. The number of carbonyl (C=O) groups excluding carboxylic acids is 1. The van der Waals surface area contributed by atoms with Gasteiger partial charge in [0.1, 0.15) is 23.7 Å². The van der Waals surface area contributed by atoms with Gasteiger partial charge in [-0.15, -0.1) is 0 Å². The van der Waals surface area contributed by atoms with E-state index in [1.54, 1.807) is 4.90 Å². The molecule has 36 heavy (non-hydrogen) atoms. The third kappa shape index (κ3) is 6.86. The van der Waals surface area contributed by atoms with Crippen molar-refractivity contribution in [1.82, 2.24) is 19.4 Å². The maximum Gasteiger partial charge on any atom is 0.410 e. The van der Waals surface area contributed by atoms with Gasteiger partial charge in [-0.3, -0.25) is 0 Å². The predicted octanol–water partition coefficient (Wildman–Crippen LogP) is 4.60. The topological polar surface area (TPSA) is 82.0 Å². The molecule has 0 aromatic carbocycles. The lowest BCUT2D eigenvalue weighted by molar-refractivity contribution is 0.0270. The number of ether oxygens (including phenoxy) is 3. The maximum absolute atomic E-state index is 12.5. The monoisotopic (exact) mass is 515 g/mol. The van der Waals surface area contributed by atoms with E-state index in [0.29, 0.717) is 33.0 Å². The van der Waals surface area contributed by atoms with Crippen LogP contribution in [0.3, 0.4) is 0 Å². The SMILES string of the molecule is CC(C)(C)OC(=O)N1CC=C(c2cn(COCC[Si](C)(C)C)c3ncc(N4CCOCC4)nc23)CC1. The summed E-state index contributed by atoms with van der Waals surface area (Å²) in [7, 11) is -1.16. The summed E-state index contributed by atoms with van der Waals surface area (Å²) in [6, 6.07) is 1.12. The van der Waals surface area contributed by atoms with E-state index in [2.05, 4.69) is 41.4 Å². The van der Waals surface area contributed by atoms with Crippen molar-refractivity contribution in [2.24, 2.45) is 0 Å². The van der Waals surface area contributed by atoms with Gasteiger partial charge in [0.2, 0.25) is 0 Å². The fourth-order valence-corrected chi connectivity index (χ4v) is 5.02. The second kappa shape index (κ2) is 10.9. The number of hydrogen-bond donors (Lipinski definition) is 0. The van der Waals surface area contributed by atoms with Crippen LogP contribution >= 0.6 is 0 Å². The van der Waals surface area contributed by atoms with Gasteiger partial charge in [-0.2, -0.15) is 0 Å². The highest BCUT2D eigenvalue weighted by Gasteiger charge is 2.26. The number of fused-ring (bicyclic) bond motifs is 1. The fourth-order valence-electron chi connectivity index (χ4n) is 4.27. The van der Waals surface area contributed by atoms with Crippen molar-refractivity contribution >= 4 is 36.7 Å². The number of nitrogens with zero attached hydrogens (tertiary/aromatic N) is 5. The minimum absolute atomic E-state index is 0.273. The Morgan fingerprint density at radius 3 is 2.56 bits per heavy atom. The van der Waals surface area contributed by atoms with E-state index in [0.717, 1.165) is 54.7 Å². The molecule has 2 aromatic heterocycles. The zero-order chi connectivity index (χ0) is 25.9. The van der Waals surface area contributed by atoms with Gasteiger partial charge >= 0.3 is 6.09 Å². The third-order valence-electron chi connectivity index (χ3n) is 6.32. The van der Waals surface area contributed by atoms with Gasteiger partial charge in [-0.25, -0.2) is 14.8 Å². The molecule has 2 aliphatic heterocycles. The van der Waals surface area contributed by atoms with Crippen LogP contribution in [0.5, 0.6) is 0 Å². The largest absolute Gasteiger partial charge is 0.444 e. The Balaban J connectivity index is 1.58. The predicted molar refractivity (Wildman–Crippen MR) is 145 cm³/mol. The molecule has 4 rings (SSSR count). The van der Waals surface area contributed by atoms with E-state index in [4.69, 9.17) is 24.2 Å². The van der Waals surface area contributed by atoms with E-state index in [1.165, 1.54) is 5.57 Å². The number of carbonyl (C=O) groups is 1. The van der Waals surface area contributed by atoms with Crippen molar-refractivity contribution < 1.29 is 19.0 Å². The number of anilines is 1. The van der Waals surface area contributed by atoms with E-state index in [1.807, 2.05) is 27.0 Å². The van der Waals surface area contributed by atoms with Gasteiger partial charge in [0.15, 0.2) is 5.65 Å². The van der Waals surface area contributed by atoms with Crippen LogP contribution in [0.4, 0.5) is 10.6 Å². The Labute approximate surface area is 215 Å². The van der Waals surface area contributed by atoms with Crippen molar-refractivity contribution in [3.63, 3.8) is 0 Å². The summed E-state index contributed by atoms with van der Waals surface area (Å²) in [5, 5.41) is 0. The van der Waals surface area contributed by atoms with E-state index in [-0.39, 0.29) is 6.09 Å². The Bertz CT molecular complexity index is 1100. The van der Waals surface area contributed by atoms with Gasteiger partial charge in [-0.05, 0) is 38.8 Å². The van der Waals surface area contributed by atoms with Gasteiger partial charge < -0.3 is 28.6 Å². The zero-order valence-electron chi connectivity index (χ0n) is 22.7. The summed E-state index contributed by atoms with van der Waals surface area (Å²) in [6.45, 7) is 18.1. The van der Waals surface area contributed by atoms with Crippen molar-refractivity contribution in [3.05, 3.63) is 24.0 Å². The highest BCUT2D eigenvalue weighted by atomic mass is 28.3. The first-order chi connectivity index (χ1) is 17.0. The molecule has 0 radical (unpaired) electrons. The lowest BCUT2D eigenvalue weighted by atomic mass is 10.0. The van der Waals surface area contributed by atoms with Crippen LogP contribution in [0, 0.1) is 0 Å². The first-order valence-electron chi connectivity index (χ1n) is 12.9. The van der Waals surface area contributed by atoms with Crippen molar-refractivity contribution in [1.29, 1.82) is 0 Å². The molecule has 2 aromatic rings. The van der Waals surface area contributed by atoms with Gasteiger partial charge in [-0.1, -0.05) is 25.7 Å². The number of hydrogen-bond acceptors (Lipinski definition) is 7. The highest BCUT2D eigenvalue weighted by Crippen LogP contribution is 2.31. The molecule has 198 valence electrons. The van der Waals surface area contributed by atoms with Crippen molar-refractivity contribution in [2.75, 3.05) is 50.9 Å². The Hall–Kier alpha value is -2.43. The van der Waals surface area contributed by atoms with E-state index >= 15 is 0 Å². The van der Waals surface area contributed by atoms with Gasteiger partial charge in [0.05, 0.1) is 19.4 Å². The molecular formula is C26H41N5O4Si. The number of amides is 1. The average molecular weight is 516 g/mol. The van der Waals surface area contributed by atoms with Crippen LogP contribution in [0.25, 0.3) is 16.7 Å². The van der Waals surface area contributed by atoms with Crippen LogP contribution in [-0.4, -0.2) is 85.2 Å². The molecular weight excluding hydrogens is 474 g/mol. The second-order valence-electron chi connectivity index (χ2n) is 11.8. The number of aromatic nitrogens is 3. The summed E-state index contributed by atoms with van der Waals surface area (Å²) >= 11 is 0. The molecule has 10 heteroatoms. The van der Waals surface area contributed by atoms with Crippen LogP contribution in [-0.2, 0) is 20.9 Å². The Kier molecular flexibility index (Phi) is 8.06. The normalized spacial score (nSPS) is 17.4. The van der Waals surface area contributed by atoms with Crippen molar-refractivity contribution in [2.45, 2.75) is 65.2 Å². The van der Waals surface area contributed by atoms with E-state index in [9.17, 15) is 4.79 Å². The molecule has 0 saturated carbocycles. The number of rotatable bonds is 7. The van der Waals surface area contributed by atoms with Gasteiger partial charge in [0, 0.05) is 52.6 Å². The summed E-state index contributed by atoms with van der Waals surface area (Å²) < 4.78 is 19.2. The molecule has 0 atom stereocenters. The van der Waals surface area contributed by atoms with E-state index < -0.39 is 13.7 Å². The molecule has 2 aliphatic rings. The van der Waals surface area contributed by atoms with Crippen LogP contribution in [0.2, 0.25) is 25.7 Å². The average Bonchev–Trinajstić information content (AvgIpc) is 3.19. The minimum Gasteiger partial charge on any atom is -0.444 e. The fraction of sp³-hybridized carbons (Fsp3) is 0.654. The molecule has 0 N–H and O–H groups in total. The quantitative estimate of drug-likeness (QED) is 0.394. The Morgan fingerprint density at radius 2 is 1.92 bits per heavy atom. The van der Waals surface area contributed by atoms with Crippen LogP contribution < -0.4 is 4.90 Å². The zero-order valence-corrected chi connectivity index (χ0v) is 23.7. The first-order valence-corrected chi connectivity index (χ1v) is 16.6. The summed E-state index contributed by atoms with van der Waals surface area (Å²) in [6.07, 6.45) is 6.54. The molecule has 0 bridgehead atoms. The number of morpholine rings is 1. The standard InChI is InChI=1S/C26H41N5O4Si/c1-26(2,3)35-25(32)30-9-7-20(8-10-30)21-18-31(19-34-15-16-36(4,5)6)24-23(21)28-22(17-27-24)29-11-13-33-14-12-29/h7,17-18H,8-16,19H2,1-6H3. The molecule has 0 aliphatic carbocycles. The van der Waals surface area contributed by atoms with Crippen LogP contribution in [0.1, 0.15) is 32.8 Å². The molecule has 9 nitrogen and oxygen atoms in total. The molecule has 4 heterocycles. The smallest absolute Gasteiger partial charge is 0.410 e. The summed E-state index contributed by atoms with van der Waals surface area (Å²) in [4.78, 5) is 26.4. The lowest BCUT2D eigenvalue weighted by Crippen LogP contribution is -2.39. The molecule has 1 saturated heterocycles. The highest BCUT2D eigenvalue weighted by molar-refractivity contribution is 6.76. The molecule has 0 spiro atoms. The lowest BCUT2D eigenvalue weighted by Gasteiger charge is -2.29. The molecule has 0 unspecified atom stereocenters. The van der Waals surface area contributed by atoms with Crippen molar-refractivity contribution in [3.8, 4) is 0 Å². The summed E-state index contributed by atoms with van der Waals surface area (Å²) in [5.74, 6) is 0.872. The Morgan fingerprint density at radius 1 is 1.17 bits per heavy atom. The van der Waals surface area contributed by atoms with Crippen LogP contribution in [0.15, 0.2) is 18.5 Å². The molecule has 1 fully saturated rings. The first kappa shape index (κ1) is 26.6. The van der Waals surface area contributed by atoms with Gasteiger partial charge in [0.25, 0.3) is 0 Å².